The fourth-order valence-corrected chi connectivity index (χ4v) is 4.08. The Morgan fingerprint density at radius 2 is 1.07 bits per heavy atom. The largest absolute Gasteiger partial charge is 0.497 e. The molecule has 164 valence electrons. The fourth-order valence-electron chi connectivity index (χ4n) is 4.08. The Hall–Kier alpha value is -2.64. The van der Waals surface area contributed by atoms with Crippen molar-refractivity contribution in [2.24, 2.45) is 0 Å². The molecule has 1 saturated heterocycles. The Morgan fingerprint density at radius 1 is 0.567 bits per heavy atom. The van der Waals surface area contributed by atoms with E-state index >= 15 is 0 Å². The van der Waals surface area contributed by atoms with Gasteiger partial charge in [0.25, 0.3) is 0 Å². The second-order valence-corrected chi connectivity index (χ2v) is 7.55. The summed E-state index contributed by atoms with van der Waals surface area (Å²) < 4.78 is 27.3. The van der Waals surface area contributed by atoms with Crippen molar-refractivity contribution in [3.63, 3.8) is 0 Å². The van der Waals surface area contributed by atoms with Crippen molar-refractivity contribution in [3.05, 3.63) is 41.5 Å². The number of methoxy groups -OCH3 is 5. The zero-order chi connectivity index (χ0) is 21.5. The van der Waals surface area contributed by atoms with Gasteiger partial charge in [0.15, 0.2) is 11.5 Å². The minimum atomic E-state index is 0.691. The normalized spacial score (nSPS) is 18.6. The zero-order valence-corrected chi connectivity index (χ0v) is 18.7. The van der Waals surface area contributed by atoms with Crippen LogP contribution in [-0.4, -0.2) is 61.7 Å². The van der Waals surface area contributed by atoms with Crippen LogP contribution in [-0.2, 0) is 13.1 Å². The summed E-state index contributed by atoms with van der Waals surface area (Å²) in [5, 5.41) is 0. The van der Waals surface area contributed by atoms with Gasteiger partial charge in [-0.3, -0.25) is 0 Å². The molecule has 2 N–H and O–H groups in total. The Bertz CT molecular complexity index is 835. The van der Waals surface area contributed by atoms with E-state index in [4.69, 9.17) is 23.7 Å². The summed E-state index contributed by atoms with van der Waals surface area (Å²) in [6, 6.07) is 10.0. The quantitative estimate of drug-likeness (QED) is 0.610. The molecule has 0 bridgehead atoms. The highest BCUT2D eigenvalue weighted by Gasteiger charge is 2.26. The standard InChI is InChI=1S/C23H32N2O5/c1-26-19-7-6-17(20(13-19)27-2)15-24-8-10-25(11-9-24)16-18-12-22(29-4)23(30-5)14-21(18)28-3/h6-7,12-14H,8-11,15-16H2,1-5H3/p+2. The van der Waals surface area contributed by atoms with Crippen molar-refractivity contribution in [2.75, 3.05) is 61.7 Å². The van der Waals surface area contributed by atoms with Crippen LogP contribution in [0.15, 0.2) is 30.3 Å². The van der Waals surface area contributed by atoms with Gasteiger partial charge in [0.2, 0.25) is 0 Å². The van der Waals surface area contributed by atoms with E-state index in [1.54, 1.807) is 45.3 Å². The molecule has 1 aliphatic rings. The molecule has 0 atom stereocenters. The first-order valence-corrected chi connectivity index (χ1v) is 10.3. The number of hydrogen-bond donors (Lipinski definition) is 2. The number of piperazine rings is 1. The first kappa shape index (κ1) is 22.1. The molecule has 0 amide bonds. The summed E-state index contributed by atoms with van der Waals surface area (Å²) in [5.41, 5.74) is 2.36. The van der Waals surface area contributed by atoms with Crippen molar-refractivity contribution in [3.8, 4) is 28.7 Å². The van der Waals surface area contributed by atoms with Crippen LogP contribution in [0.25, 0.3) is 0 Å². The van der Waals surface area contributed by atoms with Gasteiger partial charge in [0.05, 0.1) is 41.1 Å². The van der Waals surface area contributed by atoms with Crippen molar-refractivity contribution in [1.29, 1.82) is 0 Å². The average molecular weight is 419 g/mol. The molecular formula is C23H34N2O5+2. The highest BCUT2D eigenvalue weighted by atomic mass is 16.5. The van der Waals surface area contributed by atoms with Gasteiger partial charge < -0.3 is 33.5 Å². The van der Waals surface area contributed by atoms with Crippen molar-refractivity contribution < 1.29 is 33.5 Å². The second-order valence-electron chi connectivity index (χ2n) is 7.55. The second kappa shape index (κ2) is 10.4. The van der Waals surface area contributed by atoms with Crippen LogP contribution in [0.4, 0.5) is 0 Å². The number of nitrogens with one attached hydrogen (secondary N) is 2. The molecular weight excluding hydrogens is 384 g/mol. The molecule has 2 aromatic rings. The molecule has 7 nitrogen and oxygen atoms in total. The van der Waals surface area contributed by atoms with E-state index in [9.17, 15) is 0 Å². The average Bonchev–Trinajstić information content (AvgIpc) is 2.80. The lowest BCUT2D eigenvalue weighted by Crippen LogP contribution is -3.27. The molecule has 3 rings (SSSR count). The number of benzene rings is 2. The topological polar surface area (TPSA) is 55.0 Å². The van der Waals surface area contributed by atoms with Crippen LogP contribution >= 0.6 is 0 Å². The summed E-state index contributed by atoms with van der Waals surface area (Å²) in [7, 11) is 8.39. The minimum absolute atomic E-state index is 0.691. The molecule has 1 heterocycles. The monoisotopic (exact) mass is 418 g/mol. The molecule has 0 spiro atoms. The summed E-state index contributed by atoms with van der Waals surface area (Å²) >= 11 is 0. The Morgan fingerprint density at radius 3 is 1.60 bits per heavy atom. The van der Waals surface area contributed by atoms with Crippen molar-refractivity contribution in [2.45, 2.75) is 13.1 Å². The van der Waals surface area contributed by atoms with Crippen molar-refractivity contribution >= 4 is 0 Å². The first-order chi connectivity index (χ1) is 14.6. The van der Waals surface area contributed by atoms with Gasteiger partial charge in [-0.05, 0) is 18.2 Å². The van der Waals surface area contributed by atoms with E-state index in [0.29, 0.717) is 5.75 Å². The maximum absolute atomic E-state index is 5.60. The predicted octanol–water partition coefficient (Wildman–Crippen LogP) is 0.213. The van der Waals surface area contributed by atoms with Crippen LogP contribution in [0.5, 0.6) is 28.7 Å². The maximum atomic E-state index is 5.60. The minimum Gasteiger partial charge on any atom is -0.497 e. The van der Waals surface area contributed by atoms with E-state index in [1.807, 2.05) is 24.3 Å². The molecule has 2 aromatic carbocycles. The lowest BCUT2D eigenvalue weighted by Gasteiger charge is -2.30. The van der Waals surface area contributed by atoms with Gasteiger partial charge >= 0.3 is 0 Å². The molecule has 0 aromatic heterocycles. The first-order valence-electron chi connectivity index (χ1n) is 10.3. The molecule has 0 aliphatic carbocycles. The molecule has 1 aliphatic heterocycles. The number of ether oxygens (including phenoxy) is 5. The zero-order valence-electron chi connectivity index (χ0n) is 18.7. The van der Waals surface area contributed by atoms with Gasteiger partial charge in [-0.15, -0.1) is 0 Å². The Balaban J connectivity index is 1.61. The molecule has 0 saturated carbocycles. The third kappa shape index (κ3) is 5.09. The van der Waals surface area contributed by atoms with E-state index in [0.717, 1.165) is 67.8 Å². The summed E-state index contributed by atoms with van der Waals surface area (Å²) in [6.07, 6.45) is 0. The fraction of sp³-hybridized carbons (Fsp3) is 0.478. The summed E-state index contributed by atoms with van der Waals surface area (Å²) in [5.74, 6) is 3.99. The predicted molar refractivity (Wildman–Crippen MR) is 114 cm³/mol. The number of quaternary nitrogens is 2. The lowest BCUT2D eigenvalue weighted by atomic mass is 10.1. The lowest BCUT2D eigenvalue weighted by molar-refractivity contribution is -1.02. The van der Waals surface area contributed by atoms with E-state index in [1.165, 1.54) is 5.56 Å². The van der Waals surface area contributed by atoms with E-state index in [-0.39, 0.29) is 0 Å². The van der Waals surface area contributed by atoms with Gasteiger partial charge in [-0.2, -0.15) is 0 Å². The maximum Gasteiger partial charge on any atom is 0.164 e. The molecule has 0 unspecified atom stereocenters. The van der Waals surface area contributed by atoms with E-state index in [2.05, 4.69) is 6.07 Å². The molecule has 0 radical (unpaired) electrons. The summed E-state index contributed by atoms with van der Waals surface area (Å²) in [4.78, 5) is 3.12. The number of hydrogen-bond acceptors (Lipinski definition) is 5. The van der Waals surface area contributed by atoms with Crippen LogP contribution in [0.1, 0.15) is 11.1 Å². The highest BCUT2D eigenvalue weighted by Crippen LogP contribution is 2.34. The SMILES string of the molecule is COc1ccc(C[NH+]2CC[NH+](Cc3cc(OC)c(OC)cc3OC)CC2)c(OC)c1. The summed E-state index contributed by atoms with van der Waals surface area (Å²) in [6.45, 7) is 6.29. The van der Waals surface area contributed by atoms with E-state index < -0.39 is 0 Å². The molecule has 1 fully saturated rings. The van der Waals surface area contributed by atoms with Gasteiger partial charge in [-0.1, -0.05) is 0 Å². The Kier molecular flexibility index (Phi) is 7.65. The third-order valence-electron chi connectivity index (χ3n) is 5.83. The molecule has 7 heteroatoms. The Labute approximate surface area is 179 Å². The molecule has 30 heavy (non-hydrogen) atoms. The highest BCUT2D eigenvalue weighted by molar-refractivity contribution is 5.50. The van der Waals surface area contributed by atoms with Gasteiger partial charge in [0, 0.05) is 17.7 Å². The van der Waals surface area contributed by atoms with Crippen LogP contribution in [0.3, 0.4) is 0 Å². The van der Waals surface area contributed by atoms with Crippen LogP contribution in [0, 0.1) is 0 Å². The van der Waals surface area contributed by atoms with Crippen molar-refractivity contribution in [1.82, 2.24) is 0 Å². The van der Waals surface area contributed by atoms with Crippen LogP contribution < -0.4 is 33.5 Å². The van der Waals surface area contributed by atoms with Gasteiger partial charge in [-0.25, -0.2) is 0 Å². The number of rotatable bonds is 9. The van der Waals surface area contributed by atoms with Gasteiger partial charge in [0.1, 0.15) is 56.5 Å². The van der Waals surface area contributed by atoms with Crippen LogP contribution in [0.2, 0.25) is 0 Å². The smallest absolute Gasteiger partial charge is 0.164 e. The third-order valence-corrected chi connectivity index (χ3v) is 5.83.